The molecule has 1 aromatic heterocycles. The van der Waals surface area contributed by atoms with Crippen molar-refractivity contribution < 1.29 is 10.0 Å². The molecule has 0 spiro atoms. The molecule has 3 nitrogen and oxygen atoms in total. The molecule has 2 N–H and O–H groups in total. The number of rotatable bonds is 3. The van der Waals surface area contributed by atoms with Gasteiger partial charge in [-0.25, -0.2) is 0 Å². The van der Waals surface area contributed by atoms with Crippen LogP contribution < -0.4 is 4.78 Å². The van der Waals surface area contributed by atoms with Crippen molar-refractivity contribution in [1.29, 1.82) is 0 Å². The van der Waals surface area contributed by atoms with Crippen molar-refractivity contribution >= 4 is 23.2 Å². The van der Waals surface area contributed by atoms with Crippen molar-refractivity contribution in [3.8, 4) is 0 Å². The minimum atomic E-state index is -1.34. The average Bonchev–Trinajstić information content (AvgIpc) is 2.50. The lowest BCUT2D eigenvalue weighted by molar-refractivity contribution is 0.325. The van der Waals surface area contributed by atoms with E-state index < -0.39 is 7.12 Å². The van der Waals surface area contributed by atoms with Gasteiger partial charge in [0.15, 0.2) is 0 Å². The maximum Gasteiger partial charge on any atom is 0.499 e. The van der Waals surface area contributed by atoms with Gasteiger partial charge in [-0.05, 0) is 27.1 Å². The Hall–Kier alpha value is -0.355. The van der Waals surface area contributed by atoms with Crippen molar-refractivity contribution in [3.05, 3.63) is 17.0 Å². The highest BCUT2D eigenvalue weighted by Gasteiger charge is 2.16. The highest BCUT2D eigenvalue weighted by atomic mass is 32.1. The molecule has 1 aromatic rings. The molecule has 0 unspecified atom stereocenters. The normalized spacial score (nSPS) is 13.4. The lowest BCUT2D eigenvalue weighted by Crippen LogP contribution is -2.26. The molecule has 0 aliphatic carbocycles. The van der Waals surface area contributed by atoms with Gasteiger partial charge in [0, 0.05) is 15.7 Å². The fraction of sp³-hybridized carbons (Fsp3) is 0.500. The number of thiophene rings is 1. The predicted octanol–water partition coefficient (Wildman–Crippen LogP) is 0.0505. The predicted molar refractivity (Wildman–Crippen MR) is 56.2 cm³/mol. The fourth-order valence-corrected chi connectivity index (χ4v) is 2.02. The van der Waals surface area contributed by atoms with Crippen LogP contribution in [0.1, 0.15) is 17.8 Å². The molecule has 0 fully saturated rings. The van der Waals surface area contributed by atoms with E-state index >= 15 is 0 Å². The van der Waals surface area contributed by atoms with Gasteiger partial charge in [0.2, 0.25) is 0 Å². The van der Waals surface area contributed by atoms with E-state index in [1.165, 1.54) is 11.3 Å². The van der Waals surface area contributed by atoms with E-state index in [9.17, 15) is 0 Å². The Labute approximate surface area is 82.8 Å². The van der Waals surface area contributed by atoms with E-state index in [0.29, 0.717) is 10.8 Å². The molecule has 13 heavy (non-hydrogen) atoms. The van der Waals surface area contributed by atoms with Gasteiger partial charge < -0.3 is 14.9 Å². The van der Waals surface area contributed by atoms with E-state index in [4.69, 9.17) is 10.0 Å². The third kappa shape index (κ3) is 2.54. The summed E-state index contributed by atoms with van der Waals surface area (Å²) < 4.78 is 0.601. The number of nitrogens with zero attached hydrogens (tertiary/aromatic N) is 1. The van der Waals surface area contributed by atoms with Crippen LogP contribution >= 0.6 is 11.3 Å². The molecule has 0 aliphatic heterocycles. The third-order valence-electron chi connectivity index (χ3n) is 2.09. The molecule has 0 bridgehead atoms. The van der Waals surface area contributed by atoms with Crippen molar-refractivity contribution in [2.75, 3.05) is 14.1 Å². The summed E-state index contributed by atoms with van der Waals surface area (Å²) >= 11 is 1.44. The highest BCUT2D eigenvalue weighted by Crippen LogP contribution is 2.20. The second kappa shape index (κ2) is 4.24. The SMILES string of the molecule is C[C@@H](c1ccc(B(O)O)s1)N(C)C. The van der Waals surface area contributed by atoms with Gasteiger partial charge in [-0.2, -0.15) is 0 Å². The van der Waals surface area contributed by atoms with Crippen LogP contribution in [-0.2, 0) is 0 Å². The van der Waals surface area contributed by atoms with E-state index in [0.717, 1.165) is 4.88 Å². The molecule has 0 radical (unpaired) electrons. The molecule has 0 saturated heterocycles. The molecule has 1 rings (SSSR count). The minimum Gasteiger partial charge on any atom is -0.423 e. The lowest BCUT2D eigenvalue weighted by Gasteiger charge is -2.17. The molecule has 0 aromatic carbocycles. The van der Waals surface area contributed by atoms with E-state index in [2.05, 4.69) is 11.8 Å². The topological polar surface area (TPSA) is 43.7 Å². The zero-order valence-electron chi connectivity index (χ0n) is 8.06. The molecular weight excluding hydrogens is 185 g/mol. The van der Waals surface area contributed by atoms with Gasteiger partial charge in [0.05, 0.1) is 0 Å². The summed E-state index contributed by atoms with van der Waals surface area (Å²) in [5.41, 5.74) is 0. The van der Waals surface area contributed by atoms with E-state index in [1.54, 1.807) is 6.07 Å². The molecule has 1 heterocycles. The van der Waals surface area contributed by atoms with Crippen molar-refractivity contribution in [2.45, 2.75) is 13.0 Å². The van der Waals surface area contributed by atoms with Gasteiger partial charge in [-0.15, -0.1) is 11.3 Å². The summed E-state index contributed by atoms with van der Waals surface area (Å²) in [5, 5.41) is 17.8. The van der Waals surface area contributed by atoms with Gasteiger partial charge in [-0.1, -0.05) is 6.07 Å². The van der Waals surface area contributed by atoms with Crippen LogP contribution in [0.2, 0.25) is 0 Å². The Morgan fingerprint density at radius 1 is 1.38 bits per heavy atom. The summed E-state index contributed by atoms with van der Waals surface area (Å²) in [6, 6.07) is 4.01. The quantitative estimate of drug-likeness (QED) is 0.676. The zero-order chi connectivity index (χ0) is 10.0. The summed E-state index contributed by atoms with van der Waals surface area (Å²) in [5.74, 6) is 0. The summed E-state index contributed by atoms with van der Waals surface area (Å²) in [6.07, 6.45) is 0. The molecule has 1 atom stereocenters. The Morgan fingerprint density at radius 3 is 2.38 bits per heavy atom. The first kappa shape index (κ1) is 10.7. The van der Waals surface area contributed by atoms with Crippen molar-refractivity contribution in [2.24, 2.45) is 0 Å². The molecule has 0 amide bonds. The largest absolute Gasteiger partial charge is 0.499 e. The highest BCUT2D eigenvalue weighted by molar-refractivity contribution is 7.22. The Balaban J connectivity index is 2.79. The molecule has 0 saturated carbocycles. The van der Waals surface area contributed by atoms with Crippen molar-refractivity contribution in [3.63, 3.8) is 0 Å². The van der Waals surface area contributed by atoms with Gasteiger partial charge >= 0.3 is 7.12 Å². The Bertz CT molecular complexity index is 275. The maximum absolute atomic E-state index is 8.91. The summed E-state index contributed by atoms with van der Waals surface area (Å²) in [6.45, 7) is 2.08. The summed E-state index contributed by atoms with van der Waals surface area (Å²) in [4.78, 5) is 3.23. The van der Waals surface area contributed by atoms with Gasteiger partial charge in [0.1, 0.15) is 0 Å². The van der Waals surface area contributed by atoms with Crippen LogP contribution in [0.3, 0.4) is 0 Å². The first-order chi connectivity index (χ1) is 6.02. The van der Waals surface area contributed by atoms with Crippen LogP contribution in [0.5, 0.6) is 0 Å². The standard InChI is InChI=1S/C8H14BNO2S/c1-6(10(2)3)7-4-5-8(13-7)9(11)12/h4-6,11-12H,1-3H3/t6-/m0/s1. The van der Waals surface area contributed by atoms with Crippen LogP contribution in [0.15, 0.2) is 12.1 Å². The third-order valence-corrected chi connectivity index (χ3v) is 3.38. The molecular formula is C8H14BNO2S. The maximum atomic E-state index is 8.91. The molecule has 5 heteroatoms. The van der Waals surface area contributed by atoms with E-state index in [1.807, 2.05) is 20.2 Å². The Morgan fingerprint density at radius 2 is 2.00 bits per heavy atom. The fourth-order valence-electron chi connectivity index (χ4n) is 0.986. The monoisotopic (exact) mass is 199 g/mol. The number of hydrogen-bond acceptors (Lipinski definition) is 4. The second-order valence-corrected chi connectivity index (χ2v) is 4.40. The average molecular weight is 199 g/mol. The first-order valence-electron chi connectivity index (χ1n) is 4.14. The van der Waals surface area contributed by atoms with Crippen molar-refractivity contribution in [1.82, 2.24) is 4.90 Å². The zero-order valence-corrected chi connectivity index (χ0v) is 8.88. The van der Waals surface area contributed by atoms with E-state index in [-0.39, 0.29) is 0 Å². The van der Waals surface area contributed by atoms with Gasteiger partial charge in [-0.3, -0.25) is 0 Å². The molecule has 0 aliphatic rings. The number of hydrogen-bond donors (Lipinski definition) is 2. The van der Waals surface area contributed by atoms with Crippen LogP contribution in [0.25, 0.3) is 0 Å². The molecule has 72 valence electrons. The van der Waals surface area contributed by atoms with Crippen LogP contribution in [0, 0.1) is 0 Å². The second-order valence-electron chi connectivity index (χ2n) is 3.25. The lowest BCUT2D eigenvalue weighted by atomic mass is 9.90. The van der Waals surface area contributed by atoms with Crippen LogP contribution in [-0.4, -0.2) is 36.2 Å². The van der Waals surface area contributed by atoms with Gasteiger partial charge in [0.25, 0.3) is 0 Å². The smallest absolute Gasteiger partial charge is 0.423 e. The summed E-state index contributed by atoms with van der Waals surface area (Å²) in [7, 11) is 2.66. The van der Waals surface area contributed by atoms with Crippen LogP contribution in [0.4, 0.5) is 0 Å². The first-order valence-corrected chi connectivity index (χ1v) is 4.96. The Kier molecular flexibility index (Phi) is 3.50. The minimum absolute atomic E-state index is 0.317.